The molecule has 0 spiro atoms. The van der Waals surface area contributed by atoms with Gasteiger partial charge in [-0.3, -0.25) is 0 Å². The molecule has 0 aliphatic carbocycles. The summed E-state index contributed by atoms with van der Waals surface area (Å²) in [4.78, 5) is 0. The van der Waals surface area contributed by atoms with Gasteiger partial charge < -0.3 is 35.4 Å². The Morgan fingerprint density at radius 2 is 1.64 bits per heavy atom. The fourth-order valence-corrected chi connectivity index (χ4v) is 1.35. The molecule has 1 aliphatic heterocycles. The Morgan fingerprint density at radius 3 is 2.07 bits per heavy atom. The van der Waals surface area contributed by atoms with Crippen LogP contribution in [0.3, 0.4) is 0 Å². The Morgan fingerprint density at radius 1 is 1.07 bits per heavy atom. The van der Waals surface area contributed by atoms with Crippen LogP contribution in [0, 0.1) is 0 Å². The largest absolute Gasteiger partial charge is 0.394 e. The summed E-state index contributed by atoms with van der Waals surface area (Å²) in [7, 11) is 0. The molecule has 1 aliphatic rings. The molecule has 5 atom stereocenters. The van der Waals surface area contributed by atoms with Gasteiger partial charge >= 0.3 is 0 Å². The SMILES string of the molecule is OC[C@@H]1O[C@](O)(CO)[C@H](O)[C@H](O)[C@@H]1O. The molecule has 0 aromatic rings. The zero-order valence-electron chi connectivity index (χ0n) is 7.32. The van der Waals surface area contributed by atoms with E-state index in [1.165, 1.54) is 0 Å². The highest BCUT2D eigenvalue weighted by molar-refractivity contribution is 4.95. The van der Waals surface area contributed by atoms with E-state index in [2.05, 4.69) is 4.74 Å². The molecule has 0 radical (unpaired) electrons. The van der Waals surface area contributed by atoms with E-state index in [0.717, 1.165) is 0 Å². The molecule has 14 heavy (non-hydrogen) atoms. The van der Waals surface area contributed by atoms with Crippen molar-refractivity contribution in [3.05, 3.63) is 0 Å². The maximum Gasteiger partial charge on any atom is 0.219 e. The lowest BCUT2D eigenvalue weighted by molar-refractivity contribution is -0.357. The van der Waals surface area contributed by atoms with Crippen molar-refractivity contribution < 1.29 is 35.4 Å². The zero-order valence-corrected chi connectivity index (χ0v) is 7.32. The molecule has 84 valence electrons. The predicted molar refractivity (Wildman–Crippen MR) is 42.0 cm³/mol. The van der Waals surface area contributed by atoms with Crippen molar-refractivity contribution in [2.45, 2.75) is 30.2 Å². The van der Waals surface area contributed by atoms with Crippen molar-refractivity contribution in [2.75, 3.05) is 13.2 Å². The smallest absolute Gasteiger partial charge is 0.219 e. The molecule has 1 saturated heterocycles. The Kier molecular flexibility index (Phi) is 3.43. The van der Waals surface area contributed by atoms with Gasteiger partial charge in [0.05, 0.1) is 13.2 Å². The highest BCUT2D eigenvalue weighted by Gasteiger charge is 2.52. The third kappa shape index (κ3) is 1.75. The van der Waals surface area contributed by atoms with Gasteiger partial charge in [-0.15, -0.1) is 0 Å². The molecule has 0 aromatic carbocycles. The molecule has 7 heteroatoms. The van der Waals surface area contributed by atoms with Crippen LogP contribution in [0.15, 0.2) is 0 Å². The first-order valence-electron chi connectivity index (χ1n) is 4.12. The summed E-state index contributed by atoms with van der Waals surface area (Å²) in [5.74, 6) is -2.36. The van der Waals surface area contributed by atoms with Crippen molar-refractivity contribution in [1.29, 1.82) is 0 Å². The fraction of sp³-hybridized carbons (Fsp3) is 1.00. The first-order chi connectivity index (χ1) is 6.46. The predicted octanol–water partition coefficient (Wildman–Crippen LogP) is -3.86. The average molecular weight is 210 g/mol. The van der Waals surface area contributed by atoms with E-state index < -0.39 is 43.4 Å². The van der Waals surface area contributed by atoms with Crippen LogP contribution in [0.4, 0.5) is 0 Å². The number of hydrogen-bond acceptors (Lipinski definition) is 7. The first-order valence-corrected chi connectivity index (χ1v) is 4.12. The summed E-state index contributed by atoms with van der Waals surface area (Å²) in [5, 5.41) is 54.6. The molecule has 7 nitrogen and oxygen atoms in total. The second-order valence-corrected chi connectivity index (χ2v) is 3.27. The van der Waals surface area contributed by atoms with E-state index in [9.17, 15) is 20.4 Å². The fourth-order valence-electron chi connectivity index (χ4n) is 1.35. The lowest BCUT2D eigenvalue weighted by Gasteiger charge is -2.44. The molecular formula is C7H14O7. The molecule has 0 amide bonds. The van der Waals surface area contributed by atoms with E-state index in [4.69, 9.17) is 10.2 Å². The van der Waals surface area contributed by atoms with E-state index >= 15 is 0 Å². The van der Waals surface area contributed by atoms with Crippen molar-refractivity contribution in [3.8, 4) is 0 Å². The molecule has 1 fully saturated rings. The minimum Gasteiger partial charge on any atom is -0.394 e. The van der Waals surface area contributed by atoms with Gasteiger partial charge in [-0.2, -0.15) is 0 Å². The Labute approximate surface area is 79.8 Å². The maximum atomic E-state index is 9.43. The third-order valence-electron chi connectivity index (χ3n) is 2.28. The van der Waals surface area contributed by atoms with Gasteiger partial charge in [-0.25, -0.2) is 0 Å². The van der Waals surface area contributed by atoms with Gasteiger partial charge in [0.15, 0.2) is 0 Å². The summed E-state index contributed by atoms with van der Waals surface area (Å²) < 4.78 is 4.66. The van der Waals surface area contributed by atoms with Crippen LogP contribution in [-0.2, 0) is 4.74 Å². The summed E-state index contributed by atoms with van der Waals surface area (Å²) in [6.45, 7) is -1.60. The van der Waals surface area contributed by atoms with Gasteiger partial charge in [0.1, 0.15) is 24.4 Å². The van der Waals surface area contributed by atoms with Crippen LogP contribution in [0.2, 0.25) is 0 Å². The molecule has 0 unspecified atom stereocenters. The second-order valence-electron chi connectivity index (χ2n) is 3.27. The summed E-state index contributed by atoms with van der Waals surface area (Å²) in [6, 6.07) is 0. The average Bonchev–Trinajstić information content (AvgIpc) is 2.20. The van der Waals surface area contributed by atoms with Gasteiger partial charge in [-0.1, -0.05) is 0 Å². The van der Waals surface area contributed by atoms with Crippen LogP contribution in [0.5, 0.6) is 0 Å². The standard InChI is InChI=1S/C7H14O7/c8-1-3-4(10)5(11)6(12)7(13,2-9)14-3/h3-6,8-13H,1-2H2/t3-,4+,5+,6+,7+/m0/s1. The number of aliphatic hydroxyl groups is 6. The number of rotatable bonds is 2. The van der Waals surface area contributed by atoms with E-state index in [-0.39, 0.29) is 0 Å². The van der Waals surface area contributed by atoms with Gasteiger partial charge in [-0.05, 0) is 0 Å². The van der Waals surface area contributed by atoms with Crippen molar-refractivity contribution in [2.24, 2.45) is 0 Å². The minimum atomic E-state index is -2.36. The summed E-state index contributed by atoms with van der Waals surface area (Å²) in [6.07, 6.45) is -6.27. The highest BCUT2D eigenvalue weighted by atomic mass is 16.7. The van der Waals surface area contributed by atoms with E-state index in [1.54, 1.807) is 0 Å². The highest BCUT2D eigenvalue weighted by Crippen LogP contribution is 2.27. The molecule has 0 aromatic heterocycles. The second kappa shape index (κ2) is 4.07. The lowest BCUT2D eigenvalue weighted by Crippen LogP contribution is -2.66. The maximum absolute atomic E-state index is 9.43. The van der Waals surface area contributed by atoms with Crippen LogP contribution < -0.4 is 0 Å². The number of aliphatic hydroxyl groups excluding tert-OH is 5. The molecular weight excluding hydrogens is 196 g/mol. The van der Waals surface area contributed by atoms with Crippen molar-refractivity contribution in [1.82, 2.24) is 0 Å². The quantitative estimate of drug-likeness (QED) is 0.275. The Balaban J connectivity index is 2.84. The normalized spacial score (nSPS) is 49.3. The topological polar surface area (TPSA) is 131 Å². The van der Waals surface area contributed by atoms with Gasteiger partial charge in [0, 0.05) is 0 Å². The van der Waals surface area contributed by atoms with E-state index in [1.807, 2.05) is 0 Å². The van der Waals surface area contributed by atoms with Crippen LogP contribution in [-0.4, -0.2) is 74.1 Å². The Bertz CT molecular complexity index is 196. The number of hydrogen-bond donors (Lipinski definition) is 6. The van der Waals surface area contributed by atoms with Crippen LogP contribution in [0.1, 0.15) is 0 Å². The zero-order chi connectivity index (χ0) is 10.9. The van der Waals surface area contributed by atoms with Crippen LogP contribution >= 0.6 is 0 Å². The summed E-state index contributed by atoms with van der Waals surface area (Å²) >= 11 is 0. The first kappa shape index (κ1) is 11.8. The molecule has 1 heterocycles. The van der Waals surface area contributed by atoms with E-state index in [0.29, 0.717) is 0 Å². The minimum absolute atomic E-state index is 0.646. The Hall–Kier alpha value is -0.280. The molecule has 1 rings (SSSR count). The van der Waals surface area contributed by atoms with Crippen molar-refractivity contribution >= 4 is 0 Å². The lowest BCUT2D eigenvalue weighted by atomic mass is 9.93. The van der Waals surface area contributed by atoms with Crippen molar-refractivity contribution in [3.63, 3.8) is 0 Å². The molecule has 6 N–H and O–H groups in total. The summed E-state index contributed by atoms with van der Waals surface area (Å²) in [5.41, 5.74) is 0. The molecule has 0 saturated carbocycles. The number of ether oxygens (including phenoxy) is 1. The molecule has 0 bridgehead atoms. The monoisotopic (exact) mass is 210 g/mol. The van der Waals surface area contributed by atoms with Gasteiger partial charge in [0.2, 0.25) is 5.79 Å². The third-order valence-corrected chi connectivity index (χ3v) is 2.28. The van der Waals surface area contributed by atoms with Gasteiger partial charge in [0.25, 0.3) is 0 Å². The van der Waals surface area contributed by atoms with Crippen LogP contribution in [0.25, 0.3) is 0 Å².